The van der Waals surface area contributed by atoms with Crippen LogP contribution in [0.15, 0.2) is 65.6 Å². The molecule has 3 N–H and O–H groups in total. The van der Waals surface area contributed by atoms with E-state index in [-0.39, 0.29) is 4.90 Å². The fraction of sp³-hybridized carbons (Fsp3) is 0.200. The highest BCUT2D eigenvalue weighted by molar-refractivity contribution is 7.89. The van der Waals surface area contributed by atoms with Gasteiger partial charge in [-0.1, -0.05) is 37.3 Å². The molecule has 0 saturated heterocycles. The van der Waals surface area contributed by atoms with Gasteiger partial charge in [0.15, 0.2) is 0 Å². The number of hydrogen-bond donors (Lipinski definition) is 2. The zero-order valence-corrected chi connectivity index (χ0v) is 15.4. The van der Waals surface area contributed by atoms with Crippen molar-refractivity contribution in [2.24, 2.45) is 5.14 Å². The van der Waals surface area contributed by atoms with Crippen LogP contribution in [0.4, 0.5) is 5.69 Å². The molecular formula is C20H22N2O3S. The third kappa shape index (κ3) is 4.15. The monoisotopic (exact) mass is 370 g/mol. The number of primary sulfonamides is 1. The number of anilines is 1. The van der Waals surface area contributed by atoms with Crippen LogP contribution < -0.4 is 15.2 Å². The summed E-state index contributed by atoms with van der Waals surface area (Å²) in [7, 11) is -3.68. The zero-order chi connectivity index (χ0) is 18.6. The summed E-state index contributed by atoms with van der Waals surface area (Å²) in [6, 6.07) is 18.6. The molecule has 0 amide bonds. The molecule has 0 unspecified atom stereocenters. The summed E-state index contributed by atoms with van der Waals surface area (Å²) in [5, 5.41) is 10.8. The summed E-state index contributed by atoms with van der Waals surface area (Å²) in [4.78, 5) is 0.0974. The number of nitrogens with two attached hydrogens (primary N) is 1. The minimum atomic E-state index is -3.68. The van der Waals surface area contributed by atoms with Gasteiger partial charge in [-0.2, -0.15) is 0 Å². The first-order valence-corrected chi connectivity index (χ1v) is 10.0. The van der Waals surface area contributed by atoms with Gasteiger partial charge in [0, 0.05) is 17.8 Å². The summed E-state index contributed by atoms with van der Waals surface area (Å²) in [5.74, 6) is 0.860. The van der Waals surface area contributed by atoms with E-state index in [0.29, 0.717) is 13.2 Å². The molecule has 3 aromatic carbocycles. The molecule has 3 rings (SSSR count). The Kier molecular flexibility index (Phi) is 5.44. The lowest BCUT2D eigenvalue weighted by Crippen LogP contribution is -2.12. The zero-order valence-electron chi connectivity index (χ0n) is 14.6. The highest BCUT2D eigenvalue weighted by Crippen LogP contribution is 2.29. The number of fused-ring (bicyclic) bond motifs is 1. The van der Waals surface area contributed by atoms with Gasteiger partial charge in [0.25, 0.3) is 0 Å². The molecule has 0 atom stereocenters. The summed E-state index contributed by atoms with van der Waals surface area (Å²) in [6.07, 6.45) is 0.939. The predicted molar refractivity (Wildman–Crippen MR) is 105 cm³/mol. The molecule has 6 heteroatoms. The van der Waals surface area contributed by atoms with E-state index in [1.165, 1.54) is 12.1 Å². The first-order chi connectivity index (χ1) is 12.5. The second-order valence-corrected chi connectivity index (χ2v) is 7.60. The average Bonchev–Trinajstić information content (AvgIpc) is 2.64. The smallest absolute Gasteiger partial charge is 0.238 e. The van der Waals surface area contributed by atoms with Gasteiger partial charge in [-0.15, -0.1) is 0 Å². The Hall–Kier alpha value is -2.57. The van der Waals surface area contributed by atoms with E-state index >= 15 is 0 Å². The Bertz CT molecular complexity index is 999. The lowest BCUT2D eigenvalue weighted by atomic mass is 10.0. The summed E-state index contributed by atoms with van der Waals surface area (Å²) >= 11 is 0. The second kappa shape index (κ2) is 7.76. The van der Waals surface area contributed by atoms with Gasteiger partial charge in [0.1, 0.15) is 5.75 Å². The molecule has 0 aromatic heterocycles. The van der Waals surface area contributed by atoms with Crippen LogP contribution in [0, 0.1) is 0 Å². The molecule has 136 valence electrons. The molecule has 0 aliphatic rings. The number of rotatable bonds is 7. The van der Waals surface area contributed by atoms with Gasteiger partial charge in [0.05, 0.1) is 11.5 Å². The van der Waals surface area contributed by atoms with Crippen molar-refractivity contribution in [2.75, 3.05) is 11.9 Å². The summed E-state index contributed by atoms with van der Waals surface area (Å²) in [6.45, 7) is 3.30. The number of benzene rings is 3. The predicted octanol–water partition coefficient (Wildman–Crippen LogP) is 3.89. The van der Waals surface area contributed by atoms with Crippen molar-refractivity contribution in [3.8, 4) is 5.75 Å². The van der Waals surface area contributed by atoms with Crippen LogP contribution in [0.5, 0.6) is 5.75 Å². The van der Waals surface area contributed by atoms with Gasteiger partial charge < -0.3 is 10.1 Å². The maximum Gasteiger partial charge on any atom is 0.238 e. The maximum atomic E-state index is 11.4. The molecule has 0 fully saturated rings. The van der Waals surface area contributed by atoms with Crippen LogP contribution >= 0.6 is 0 Å². The van der Waals surface area contributed by atoms with Gasteiger partial charge in [0.2, 0.25) is 10.0 Å². The van der Waals surface area contributed by atoms with Gasteiger partial charge in [-0.05, 0) is 47.5 Å². The number of sulfonamides is 1. The fourth-order valence-electron chi connectivity index (χ4n) is 2.80. The van der Waals surface area contributed by atoms with E-state index in [1.54, 1.807) is 12.1 Å². The summed E-state index contributed by atoms with van der Waals surface area (Å²) < 4.78 is 28.6. The molecule has 0 radical (unpaired) electrons. The number of ether oxygens (including phenoxy) is 1. The lowest BCUT2D eigenvalue weighted by Gasteiger charge is -2.15. The van der Waals surface area contributed by atoms with Gasteiger partial charge >= 0.3 is 0 Å². The molecule has 0 heterocycles. The van der Waals surface area contributed by atoms with Crippen molar-refractivity contribution >= 4 is 26.5 Å². The molecule has 26 heavy (non-hydrogen) atoms. The largest absolute Gasteiger partial charge is 0.493 e. The van der Waals surface area contributed by atoms with Crippen molar-refractivity contribution in [1.82, 2.24) is 0 Å². The van der Waals surface area contributed by atoms with Gasteiger partial charge in [-0.25, -0.2) is 13.6 Å². The number of hydrogen-bond acceptors (Lipinski definition) is 4. The normalized spacial score (nSPS) is 11.5. The first-order valence-electron chi connectivity index (χ1n) is 8.49. The quantitative estimate of drug-likeness (QED) is 0.661. The molecule has 0 bridgehead atoms. The van der Waals surface area contributed by atoms with Crippen LogP contribution in [0.25, 0.3) is 10.8 Å². The van der Waals surface area contributed by atoms with Crippen molar-refractivity contribution in [3.63, 3.8) is 0 Å². The Morgan fingerprint density at radius 2 is 1.73 bits per heavy atom. The first kappa shape index (κ1) is 18.2. The minimum absolute atomic E-state index is 0.0974. The van der Waals surface area contributed by atoms with Crippen molar-refractivity contribution in [1.29, 1.82) is 0 Å². The van der Waals surface area contributed by atoms with Crippen LogP contribution in [-0.2, 0) is 16.6 Å². The molecule has 5 nitrogen and oxygen atoms in total. The third-order valence-electron chi connectivity index (χ3n) is 4.11. The average molecular weight is 370 g/mol. The number of nitrogens with one attached hydrogen (secondary N) is 1. The Morgan fingerprint density at radius 3 is 2.42 bits per heavy atom. The minimum Gasteiger partial charge on any atom is -0.493 e. The van der Waals surface area contributed by atoms with Crippen molar-refractivity contribution < 1.29 is 13.2 Å². The SMILES string of the molecule is CCCOc1ccc2ccccc2c1CNc1ccc(S(N)(=O)=O)cc1. The van der Waals surface area contributed by atoms with Crippen molar-refractivity contribution in [2.45, 2.75) is 24.8 Å². The highest BCUT2D eigenvalue weighted by atomic mass is 32.2. The van der Waals surface area contributed by atoms with E-state index in [0.717, 1.165) is 34.2 Å². The second-order valence-electron chi connectivity index (χ2n) is 6.03. The van der Waals surface area contributed by atoms with Gasteiger partial charge in [-0.3, -0.25) is 0 Å². The van der Waals surface area contributed by atoms with Crippen LogP contribution in [0.1, 0.15) is 18.9 Å². The van der Waals surface area contributed by atoms with Crippen LogP contribution in [-0.4, -0.2) is 15.0 Å². The topological polar surface area (TPSA) is 81.4 Å². The fourth-order valence-corrected chi connectivity index (χ4v) is 3.31. The van der Waals surface area contributed by atoms with Crippen LogP contribution in [0.3, 0.4) is 0 Å². The molecular weight excluding hydrogens is 348 g/mol. The Morgan fingerprint density at radius 1 is 1.00 bits per heavy atom. The molecule has 0 spiro atoms. The highest BCUT2D eigenvalue weighted by Gasteiger charge is 2.10. The Balaban J connectivity index is 1.87. The van der Waals surface area contributed by atoms with Crippen LogP contribution in [0.2, 0.25) is 0 Å². The van der Waals surface area contributed by atoms with E-state index in [4.69, 9.17) is 9.88 Å². The van der Waals surface area contributed by atoms with E-state index in [1.807, 2.05) is 18.2 Å². The third-order valence-corrected chi connectivity index (χ3v) is 5.04. The Labute approximate surface area is 153 Å². The maximum absolute atomic E-state index is 11.4. The molecule has 3 aromatic rings. The molecule has 0 aliphatic heterocycles. The van der Waals surface area contributed by atoms with Crippen molar-refractivity contribution in [3.05, 3.63) is 66.2 Å². The molecule has 0 saturated carbocycles. The summed E-state index contributed by atoms with van der Waals surface area (Å²) in [5.41, 5.74) is 1.89. The lowest BCUT2D eigenvalue weighted by molar-refractivity contribution is 0.315. The van der Waals surface area contributed by atoms with E-state index in [9.17, 15) is 8.42 Å². The van der Waals surface area contributed by atoms with E-state index in [2.05, 4.69) is 30.4 Å². The molecule has 0 aliphatic carbocycles. The van der Waals surface area contributed by atoms with E-state index < -0.39 is 10.0 Å². The standard InChI is InChI=1S/C20H22N2O3S/c1-2-13-25-20-12-7-15-5-3-4-6-18(15)19(20)14-22-16-8-10-17(11-9-16)26(21,23)24/h3-12,22H,2,13-14H2,1H3,(H2,21,23,24).